The van der Waals surface area contributed by atoms with Crippen LogP contribution in [-0.2, 0) is 9.47 Å². The van der Waals surface area contributed by atoms with E-state index in [0.29, 0.717) is 0 Å². The topological polar surface area (TPSA) is 18.5 Å². The lowest BCUT2D eigenvalue weighted by atomic mass is 10.0. The van der Waals surface area contributed by atoms with E-state index >= 15 is 0 Å². The predicted octanol–water partition coefficient (Wildman–Crippen LogP) is 2.10. The summed E-state index contributed by atoms with van der Waals surface area (Å²) < 4.78 is 11.2. The molecule has 0 aliphatic carbocycles. The standard InChI is InChI=1S/C9H16O2/c1-6-9(5)10-7(2)8(3,4)11-9/h6-7H,1H2,2-5H3. The fourth-order valence-corrected chi connectivity index (χ4v) is 1.21. The quantitative estimate of drug-likeness (QED) is 0.541. The molecule has 0 saturated carbocycles. The maximum atomic E-state index is 5.66. The average Bonchev–Trinajstić information content (AvgIpc) is 2.04. The molecule has 64 valence electrons. The molecular weight excluding hydrogens is 140 g/mol. The molecule has 0 N–H and O–H groups in total. The Morgan fingerprint density at radius 3 is 2.09 bits per heavy atom. The first-order chi connectivity index (χ1) is 4.90. The van der Waals surface area contributed by atoms with Crippen molar-refractivity contribution in [3.05, 3.63) is 12.7 Å². The highest BCUT2D eigenvalue weighted by Crippen LogP contribution is 2.36. The lowest BCUT2D eigenvalue weighted by molar-refractivity contribution is -0.133. The molecular formula is C9H16O2. The van der Waals surface area contributed by atoms with Crippen LogP contribution in [0.3, 0.4) is 0 Å². The van der Waals surface area contributed by atoms with Crippen molar-refractivity contribution in [1.82, 2.24) is 0 Å². The minimum Gasteiger partial charge on any atom is -0.341 e. The Bertz CT molecular complexity index is 174. The van der Waals surface area contributed by atoms with Crippen LogP contribution < -0.4 is 0 Å². The first-order valence-electron chi connectivity index (χ1n) is 3.91. The van der Waals surface area contributed by atoms with Crippen LogP contribution in [0.2, 0.25) is 0 Å². The highest BCUT2D eigenvalue weighted by Gasteiger charge is 2.45. The molecule has 0 radical (unpaired) electrons. The molecule has 0 aromatic carbocycles. The van der Waals surface area contributed by atoms with E-state index in [4.69, 9.17) is 9.47 Å². The molecule has 1 aliphatic rings. The Kier molecular flexibility index (Phi) is 1.85. The number of hydrogen-bond donors (Lipinski definition) is 0. The molecule has 2 unspecified atom stereocenters. The van der Waals surface area contributed by atoms with Crippen LogP contribution in [0, 0.1) is 0 Å². The smallest absolute Gasteiger partial charge is 0.185 e. The number of hydrogen-bond acceptors (Lipinski definition) is 2. The van der Waals surface area contributed by atoms with Crippen molar-refractivity contribution in [1.29, 1.82) is 0 Å². The molecule has 2 nitrogen and oxygen atoms in total. The molecule has 2 heteroatoms. The van der Waals surface area contributed by atoms with Gasteiger partial charge in [-0.25, -0.2) is 0 Å². The molecule has 0 aromatic rings. The molecule has 0 spiro atoms. The van der Waals surface area contributed by atoms with Crippen molar-refractivity contribution < 1.29 is 9.47 Å². The Labute approximate surface area is 68.2 Å². The molecule has 0 bridgehead atoms. The van der Waals surface area contributed by atoms with Gasteiger partial charge in [0.15, 0.2) is 5.79 Å². The van der Waals surface area contributed by atoms with Gasteiger partial charge >= 0.3 is 0 Å². The molecule has 1 heterocycles. The second kappa shape index (κ2) is 2.32. The Morgan fingerprint density at radius 2 is 1.91 bits per heavy atom. The third-order valence-corrected chi connectivity index (χ3v) is 2.23. The predicted molar refractivity (Wildman–Crippen MR) is 44.3 cm³/mol. The fraction of sp³-hybridized carbons (Fsp3) is 0.778. The summed E-state index contributed by atoms with van der Waals surface area (Å²) in [5.41, 5.74) is -0.205. The average molecular weight is 156 g/mol. The lowest BCUT2D eigenvalue weighted by Crippen LogP contribution is -2.31. The van der Waals surface area contributed by atoms with Crippen molar-refractivity contribution in [3.8, 4) is 0 Å². The van der Waals surface area contributed by atoms with E-state index in [-0.39, 0.29) is 11.7 Å². The summed E-state index contributed by atoms with van der Waals surface area (Å²) in [6, 6.07) is 0. The van der Waals surface area contributed by atoms with Crippen LogP contribution in [-0.4, -0.2) is 17.5 Å². The van der Waals surface area contributed by atoms with Crippen LogP contribution in [0.4, 0.5) is 0 Å². The second-order valence-electron chi connectivity index (χ2n) is 3.69. The van der Waals surface area contributed by atoms with Crippen LogP contribution >= 0.6 is 0 Å². The minimum atomic E-state index is -0.594. The van der Waals surface area contributed by atoms with Crippen molar-refractivity contribution in [2.24, 2.45) is 0 Å². The highest BCUT2D eigenvalue weighted by atomic mass is 16.8. The molecule has 0 aromatic heterocycles. The van der Waals surface area contributed by atoms with Gasteiger partial charge in [-0.15, -0.1) is 0 Å². The SMILES string of the molecule is C=CC1(C)OC(C)C(C)(C)O1. The molecule has 2 atom stereocenters. The van der Waals surface area contributed by atoms with Crippen molar-refractivity contribution in [2.75, 3.05) is 0 Å². The Hall–Kier alpha value is -0.340. The summed E-state index contributed by atoms with van der Waals surface area (Å²) in [5.74, 6) is -0.594. The third kappa shape index (κ3) is 1.47. The number of ether oxygens (including phenoxy) is 2. The largest absolute Gasteiger partial charge is 0.341 e. The summed E-state index contributed by atoms with van der Waals surface area (Å²) >= 11 is 0. The molecule has 1 rings (SSSR count). The first-order valence-corrected chi connectivity index (χ1v) is 3.91. The van der Waals surface area contributed by atoms with Gasteiger partial charge in [0, 0.05) is 0 Å². The molecule has 1 saturated heterocycles. The molecule has 1 fully saturated rings. The van der Waals surface area contributed by atoms with Gasteiger partial charge in [0.2, 0.25) is 0 Å². The zero-order valence-corrected chi connectivity index (χ0v) is 7.68. The van der Waals surface area contributed by atoms with E-state index in [1.807, 2.05) is 27.7 Å². The van der Waals surface area contributed by atoms with E-state index in [9.17, 15) is 0 Å². The maximum Gasteiger partial charge on any atom is 0.185 e. The van der Waals surface area contributed by atoms with Gasteiger partial charge in [0.1, 0.15) is 0 Å². The zero-order chi connectivity index (χ0) is 8.70. The van der Waals surface area contributed by atoms with Gasteiger partial charge in [-0.2, -0.15) is 0 Å². The lowest BCUT2D eigenvalue weighted by Gasteiger charge is -2.22. The zero-order valence-electron chi connectivity index (χ0n) is 7.68. The van der Waals surface area contributed by atoms with Crippen molar-refractivity contribution in [3.63, 3.8) is 0 Å². The molecule has 11 heavy (non-hydrogen) atoms. The summed E-state index contributed by atoms with van der Waals surface area (Å²) in [6.07, 6.45) is 1.81. The van der Waals surface area contributed by atoms with E-state index in [2.05, 4.69) is 6.58 Å². The summed E-state index contributed by atoms with van der Waals surface area (Å²) in [4.78, 5) is 0. The van der Waals surface area contributed by atoms with E-state index in [1.54, 1.807) is 6.08 Å². The van der Waals surface area contributed by atoms with Crippen molar-refractivity contribution in [2.45, 2.75) is 45.2 Å². The highest BCUT2D eigenvalue weighted by molar-refractivity contribution is 4.96. The first kappa shape index (κ1) is 8.75. The van der Waals surface area contributed by atoms with Crippen LogP contribution in [0.15, 0.2) is 12.7 Å². The van der Waals surface area contributed by atoms with Crippen LogP contribution in [0.1, 0.15) is 27.7 Å². The maximum absolute atomic E-state index is 5.66. The van der Waals surface area contributed by atoms with E-state index < -0.39 is 5.79 Å². The van der Waals surface area contributed by atoms with Crippen LogP contribution in [0.25, 0.3) is 0 Å². The second-order valence-corrected chi connectivity index (χ2v) is 3.69. The molecule has 1 aliphatic heterocycles. The van der Waals surface area contributed by atoms with Gasteiger partial charge < -0.3 is 9.47 Å². The third-order valence-electron chi connectivity index (χ3n) is 2.23. The van der Waals surface area contributed by atoms with E-state index in [0.717, 1.165) is 0 Å². The van der Waals surface area contributed by atoms with Crippen molar-refractivity contribution >= 4 is 0 Å². The van der Waals surface area contributed by atoms with Gasteiger partial charge in [-0.1, -0.05) is 6.58 Å². The van der Waals surface area contributed by atoms with Crippen LogP contribution in [0.5, 0.6) is 0 Å². The van der Waals surface area contributed by atoms with Gasteiger partial charge in [-0.05, 0) is 33.8 Å². The molecule has 0 amide bonds. The fourth-order valence-electron chi connectivity index (χ4n) is 1.21. The monoisotopic (exact) mass is 156 g/mol. The normalized spacial score (nSPS) is 42.4. The van der Waals surface area contributed by atoms with Gasteiger partial charge in [0.05, 0.1) is 11.7 Å². The Morgan fingerprint density at radius 1 is 1.36 bits per heavy atom. The van der Waals surface area contributed by atoms with E-state index in [1.165, 1.54) is 0 Å². The Balaban J connectivity index is 2.78. The number of rotatable bonds is 1. The van der Waals surface area contributed by atoms with Gasteiger partial charge in [0.25, 0.3) is 0 Å². The summed E-state index contributed by atoms with van der Waals surface area (Å²) in [5, 5.41) is 0. The summed E-state index contributed by atoms with van der Waals surface area (Å²) in [6.45, 7) is 11.6. The van der Waals surface area contributed by atoms with Gasteiger partial charge in [-0.3, -0.25) is 0 Å². The minimum absolute atomic E-state index is 0.116. The summed E-state index contributed by atoms with van der Waals surface area (Å²) in [7, 11) is 0.